The zero-order valence-electron chi connectivity index (χ0n) is 30.2. The summed E-state index contributed by atoms with van der Waals surface area (Å²) in [7, 11) is 0. The van der Waals surface area contributed by atoms with Crippen molar-refractivity contribution < 1.29 is 34.7 Å². The molecule has 1 aliphatic heterocycles. The van der Waals surface area contributed by atoms with Crippen LogP contribution in [0.3, 0.4) is 0 Å². The number of rotatable bonds is 30. The van der Waals surface area contributed by atoms with E-state index in [1.165, 1.54) is 108 Å². The summed E-state index contributed by atoms with van der Waals surface area (Å²) in [5.41, 5.74) is 1.41. The van der Waals surface area contributed by atoms with Crippen molar-refractivity contribution in [3.05, 3.63) is 35.9 Å². The fourth-order valence-corrected chi connectivity index (χ4v) is 6.64. The Kier molecular flexibility index (Phi) is 25.0. The van der Waals surface area contributed by atoms with E-state index in [0.29, 0.717) is 6.42 Å². The van der Waals surface area contributed by atoms with Crippen molar-refractivity contribution >= 4 is 5.91 Å². The third-order valence-electron chi connectivity index (χ3n) is 9.79. The molecule has 1 saturated heterocycles. The van der Waals surface area contributed by atoms with Crippen LogP contribution >= 0.6 is 0 Å². The Morgan fingerprint density at radius 1 is 0.708 bits per heavy atom. The largest absolute Gasteiger partial charge is 0.394 e. The minimum atomic E-state index is -1.48. The summed E-state index contributed by atoms with van der Waals surface area (Å²) in [6.07, 6.45) is 21.7. The van der Waals surface area contributed by atoms with Gasteiger partial charge in [0.2, 0.25) is 5.91 Å². The molecular weight excluding hydrogens is 606 g/mol. The maximum atomic E-state index is 12.9. The number of aliphatic hydroxyl groups is 4. The van der Waals surface area contributed by atoms with E-state index >= 15 is 0 Å². The van der Waals surface area contributed by atoms with Crippen LogP contribution in [0.2, 0.25) is 0 Å². The Labute approximate surface area is 292 Å². The topological polar surface area (TPSA) is 128 Å². The number of hydrogen-bond donors (Lipinski definition) is 5. The standard InChI is InChI=1S/C40H71NO7/c1-2-3-4-5-6-7-8-9-10-11-12-15-18-24-29-34(32-47-40-39(46)38(45)37(44)35(31-42)48-40)41-36(43)30-25-19-16-13-14-17-21-26-33-27-22-20-23-28-33/h20,22-23,27-28,34-35,37-40,42,44-46H,2-19,21,24-26,29-32H2,1H3,(H,41,43)/t34-,35-,37+,38+,39-,40+/m1/s1. The van der Waals surface area contributed by atoms with Gasteiger partial charge < -0.3 is 35.2 Å². The quantitative estimate of drug-likeness (QED) is 0.0533. The molecule has 0 aromatic heterocycles. The lowest BCUT2D eigenvalue weighted by Crippen LogP contribution is -2.59. The first-order valence-electron chi connectivity index (χ1n) is 19.7. The lowest BCUT2D eigenvalue weighted by Gasteiger charge is -2.40. The molecule has 5 N–H and O–H groups in total. The highest BCUT2D eigenvalue weighted by Gasteiger charge is 2.44. The summed E-state index contributed by atoms with van der Waals surface area (Å²) < 4.78 is 11.3. The number of carbonyl (C=O) groups excluding carboxylic acids is 1. The first-order chi connectivity index (χ1) is 23.5. The molecule has 6 atom stereocenters. The minimum absolute atomic E-state index is 0.00521. The molecule has 0 unspecified atom stereocenters. The van der Waals surface area contributed by atoms with Gasteiger partial charge in [-0.1, -0.05) is 159 Å². The third kappa shape index (κ3) is 19.6. The van der Waals surface area contributed by atoms with Gasteiger partial charge in [-0.2, -0.15) is 0 Å². The number of amides is 1. The van der Waals surface area contributed by atoms with E-state index in [1.807, 2.05) is 0 Å². The number of aliphatic hydroxyl groups excluding tert-OH is 4. The van der Waals surface area contributed by atoms with Crippen molar-refractivity contribution in [2.24, 2.45) is 0 Å². The Balaban J connectivity index is 1.63. The molecule has 0 aliphatic carbocycles. The van der Waals surface area contributed by atoms with Gasteiger partial charge in [0, 0.05) is 6.42 Å². The van der Waals surface area contributed by atoms with Gasteiger partial charge in [-0.25, -0.2) is 0 Å². The molecule has 0 bridgehead atoms. The number of unbranched alkanes of at least 4 members (excludes halogenated alkanes) is 19. The number of ether oxygens (including phenoxy) is 2. The van der Waals surface area contributed by atoms with Crippen molar-refractivity contribution in [2.45, 2.75) is 198 Å². The van der Waals surface area contributed by atoms with Crippen LogP contribution in [0.15, 0.2) is 30.3 Å². The average molecular weight is 678 g/mol. The Bertz CT molecular complexity index is 886. The zero-order valence-corrected chi connectivity index (χ0v) is 30.2. The maximum Gasteiger partial charge on any atom is 0.220 e. The van der Waals surface area contributed by atoms with Gasteiger partial charge in [-0.15, -0.1) is 0 Å². The lowest BCUT2D eigenvalue weighted by atomic mass is 9.99. The highest BCUT2D eigenvalue weighted by molar-refractivity contribution is 5.76. The highest BCUT2D eigenvalue weighted by atomic mass is 16.7. The van der Waals surface area contributed by atoms with E-state index in [0.717, 1.165) is 44.9 Å². The van der Waals surface area contributed by atoms with E-state index in [1.54, 1.807) is 0 Å². The molecule has 0 spiro atoms. The second-order valence-electron chi connectivity index (χ2n) is 14.1. The molecule has 8 nitrogen and oxygen atoms in total. The Morgan fingerprint density at radius 2 is 1.23 bits per heavy atom. The molecule has 1 aromatic rings. The predicted molar refractivity (Wildman–Crippen MR) is 194 cm³/mol. The molecule has 1 aliphatic rings. The van der Waals surface area contributed by atoms with Gasteiger partial charge >= 0.3 is 0 Å². The van der Waals surface area contributed by atoms with Crippen molar-refractivity contribution in [1.82, 2.24) is 5.32 Å². The van der Waals surface area contributed by atoms with Crippen LogP contribution in [0.5, 0.6) is 0 Å². The van der Waals surface area contributed by atoms with Crippen LogP contribution in [-0.2, 0) is 20.7 Å². The number of nitrogens with one attached hydrogen (secondary N) is 1. The number of benzene rings is 1. The van der Waals surface area contributed by atoms with E-state index in [9.17, 15) is 25.2 Å². The van der Waals surface area contributed by atoms with Crippen LogP contribution < -0.4 is 5.32 Å². The van der Waals surface area contributed by atoms with Crippen molar-refractivity contribution in [2.75, 3.05) is 13.2 Å². The first kappa shape index (κ1) is 42.6. The summed E-state index contributed by atoms with van der Waals surface area (Å²) in [6, 6.07) is 10.4. The zero-order chi connectivity index (χ0) is 34.7. The molecule has 1 fully saturated rings. The SMILES string of the molecule is CCCCCCCCCCCCCCCC[C@H](CO[C@H]1O[C@H](CO)[C@H](O)[C@H](O)[C@H]1O)NC(=O)CCCCCCCCCc1ccccc1. The molecular formula is C40H71NO7. The number of aryl methyl sites for hydroxylation is 1. The molecule has 1 amide bonds. The summed E-state index contributed by atoms with van der Waals surface area (Å²) in [5.74, 6) is 0.00521. The Hall–Kier alpha value is -1.55. The van der Waals surface area contributed by atoms with Gasteiger partial charge in [-0.3, -0.25) is 4.79 Å². The monoisotopic (exact) mass is 678 g/mol. The van der Waals surface area contributed by atoms with E-state index in [2.05, 4.69) is 42.6 Å². The smallest absolute Gasteiger partial charge is 0.220 e. The number of hydrogen-bond acceptors (Lipinski definition) is 7. The van der Waals surface area contributed by atoms with Crippen LogP contribution in [-0.4, -0.2) is 76.3 Å². The summed E-state index contributed by atoms with van der Waals surface area (Å²) in [5, 5.41) is 43.2. The van der Waals surface area contributed by atoms with E-state index < -0.39 is 37.3 Å². The molecule has 8 heteroatoms. The predicted octanol–water partition coefficient (Wildman–Crippen LogP) is 7.52. The van der Waals surface area contributed by atoms with Crippen molar-refractivity contribution in [3.63, 3.8) is 0 Å². The van der Waals surface area contributed by atoms with Crippen molar-refractivity contribution in [1.29, 1.82) is 0 Å². The van der Waals surface area contributed by atoms with E-state index in [4.69, 9.17) is 9.47 Å². The third-order valence-corrected chi connectivity index (χ3v) is 9.79. The minimum Gasteiger partial charge on any atom is -0.394 e. The molecule has 1 heterocycles. The fraction of sp³-hybridized carbons (Fsp3) is 0.825. The first-order valence-corrected chi connectivity index (χ1v) is 19.7. The van der Waals surface area contributed by atoms with E-state index in [-0.39, 0.29) is 18.6 Å². The second-order valence-corrected chi connectivity index (χ2v) is 14.1. The van der Waals surface area contributed by atoms with Gasteiger partial charge in [0.05, 0.1) is 19.3 Å². The average Bonchev–Trinajstić information content (AvgIpc) is 3.10. The molecule has 0 radical (unpaired) electrons. The maximum absolute atomic E-state index is 12.9. The van der Waals surface area contributed by atoms with Crippen LogP contribution in [0.25, 0.3) is 0 Å². The molecule has 0 saturated carbocycles. The Morgan fingerprint density at radius 3 is 1.79 bits per heavy atom. The summed E-state index contributed by atoms with van der Waals surface area (Å²) in [6.45, 7) is 1.88. The number of carbonyl (C=O) groups is 1. The van der Waals surface area contributed by atoms with Gasteiger partial charge in [0.1, 0.15) is 24.4 Å². The van der Waals surface area contributed by atoms with Gasteiger partial charge in [0.25, 0.3) is 0 Å². The van der Waals surface area contributed by atoms with Crippen molar-refractivity contribution in [3.8, 4) is 0 Å². The van der Waals surface area contributed by atoms with Crippen LogP contribution in [0.1, 0.15) is 160 Å². The van der Waals surface area contributed by atoms with Gasteiger partial charge in [0.15, 0.2) is 6.29 Å². The second kappa shape index (κ2) is 28.2. The molecule has 278 valence electrons. The van der Waals surface area contributed by atoms with Crippen LogP contribution in [0, 0.1) is 0 Å². The summed E-state index contributed by atoms with van der Waals surface area (Å²) in [4.78, 5) is 12.9. The molecule has 2 rings (SSSR count). The van der Waals surface area contributed by atoms with Gasteiger partial charge in [-0.05, 0) is 31.2 Å². The normalized spacial score (nSPS) is 21.7. The fourth-order valence-electron chi connectivity index (χ4n) is 6.64. The molecule has 48 heavy (non-hydrogen) atoms. The summed E-state index contributed by atoms with van der Waals surface area (Å²) >= 11 is 0. The highest BCUT2D eigenvalue weighted by Crippen LogP contribution is 2.23. The molecule has 1 aromatic carbocycles. The van der Waals surface area contributed by atoms with Crippen LogP contribution in [0.4, 0.5) is 0 Å². The lowest BCUT2D eigenvalue weighted by molar-refractivity contribution is -0.302.